The maximum atomic E-state index is 14.0. The molecule has 3 aliphatic rings. The zero-order valence-electron chi connectivity index (χ0n) is 21.3. The highest BCUT2D eigenvalue weighted by Gasteiger charge is 2.80. The highest BCUT2D eigenvalue weighted by atomic mass is 16.5. The van der Waals surface area contributed by atoms with Crippen LogP contribution < -0.4 is 15.4 Å². The Morgan fingerprint density at radius 3 is 2.46 bits per heavy atom. The van der Waals surface area contributed by atoms with Gasteiger partial charge in [0.05, 0.1) is 37.2 Å². The zero-order chi connectivity index (χ0) is 25.7. The van der Waals surface area contributed by atoms with Gasteiger partial charge in [0.1, 0.15) is 17.4 Å². The molecule has 192 valence electrons. The lowest BCUT2D eigenvalue weighted by Gasteiger charge is -2.37. The van der Waals surface area contributed by atoms with Crippen LogP contribution >= 0.6 is 0 Å². The number of carbonyl (C=O) groups excluding carboxylic acids is 3. The van der Waals surface area contributed by atoms with Gasteiger partial charge >= 0.3 is 0 Å². The summed E-state index contributed by atoms with van der Waals surface area (Å²) in [4.78, 5) is 42.5. The molecule has 1 spiro atoms. The number of nitrogens with one attached hydrogen (secondary N) is 2. The fraction of sp³-hybridized carbons (Fsp3) is 0.654. The molecule has 35 heavy (non-hydrogen) atoms. The third-order valence-corrected chi connectivity index (χ3v) is 8.23. The molecule has 3 aliphatic heterocycles. The summed E-state index contributed by atoms with van der Waals surface area (Å²) in [6, 6.07) is 5.41. The molecule has 0 aliphatic carbocycles. The van der Waals surface area contributed by atoms with E-state index in [4.69, 9.17) is 9.47 Å². The molecule has 1 aromatic rings. The Kier molecular flexibility index (Phi) is 6.61. The number of aliphatic hydroxyl groups excluding tert-OH is 1. The highest BCUT2D eigenvalue weighted by molar-refractivity contribution is 6.04. The average molecular weight is 488 g/mol. The molecular formula is C26H37N3O6. The van der Waals surface area contributed by atoms with E-state index in [2.05, 4.69) is 10.6 Å². The lowest BCUT2D eigenvalue weighted by atomic mass is 9.62. The number of aliphatic hydroxyl groups is 1. The number of fused-ring (bicyclic) bond motifs is 1. The van der Waals surface area contributed by atoms with Gasteiger partial charge in [0, 0.05) is 12.7 Å². The van der Waals surface area contributed by atoms with Gasteiger partial charge in [-0.15, -0.1) is 0 Å². The van der Waals surface area contributed by atoms with Crippen LogP contribution in [0.5, 0.6) is 5.75 Å². The van der Waals surface area contributed by atoms with Gasteiger partial charge in [0.15, 0.2) is 0 Å². The number of likely N-dealkylation sites (tertiary alicyclic amines) is 1. The Balaban J connectivity index is 1.79. The second-order valence-electron chi connectivity index (χ2n) is 10.7. The molecule has 9 heteroatoms. The number of benzene rings is 1. The van der Waals surface area contributed by atoms with Crippen molar-refractivity contribution in [3.63, 3.8) is 0 Å². The Bertz CT molecular complexity index is 997. The van der Waals surface area contributed by atoms with Crippen LogP contribution in [0.25, 0.3) is 0 Å². The first-order chi connectivity index (χ1) is 16.5. The summed E-state index contributed by atoms with van der Waals surface area (Å²) in [5.41, 5.74) is -1.46. The highest BCUT2D eigenvalue weighted by Crippen LogP contribution is 2.65. The maximum absolute atomic E-state index is 14.0. The molecule has 1 aromatic carbocycles. The molecule has 3 fully saturated rings. The molecule has 3 saturated heterocycles. The Morgan fingerprint density at radius 2 is 1.91 bits per heavy atom. The number of hydrogen-bond acceptors (Lipinski definition) is 6. The molecule has 9 nitrogen and oxygen atoms in total. The second kappa shape index (κ2) is 9.09. The number of methoxy groups -OCH3 is 1. The minimum Gasteiger partial charge on any atom is -0.497 e. The van der Waals surface area contributed by atoms with Crippen molar-refractivity contribution >= 4 is 23.4 Å². The van der Waals surface area contributed by atoms with Crippen molar-refractivity contribution in [2.45, 2.75) is 63.8 Å². The first-order valence-electron chi connectivity index (χ1n) is 12.3. The van der Waals surface area contributed by atoms with Crippen molar-refractivity contribution in [2.75, 3.05) is 26.1 Å². The van der Waals surface area contributed by atoms with E-state index in [-0.39, 0.29) is 36.2 Å². The van der Waals surface area contributed by atoms with Gasteiger partial charge in [0.25, 0.3) is 0 Å². The van der Waals surface area contributed by atoms with E-state index in [9.17, 15) is 19.5 Å². The second-order valence-corrected chi connectivity index (χ2v) is 10.7. The zero-order valence-corrected chi connectivity index (χ0v) is 21.3. The summed E-state index contributed by atoms with van der Waals surface area (Å²) in [6.45, 7) is 7.61. The molecule has 3 amide bonds. The average Bonchev–Trinajstić information content (AvgIpc) is 3.34. The third kappa shape index (κ3) is 3.80. The lowest BCUT2D eigenvalue weighted by molar-refractivity contribution is -0.149. The van der Waals surface area contributed by atoms with Crippen molar-refractivity contribution < 1.29 is 29.0 Å². The van der Waals surface area contributed by atoms with E-state index in [1.54, 1.807) is 38.4 Å². The van der Waals surface area contributed by atoms with Crippen molar-refractivity contribution in [3.8, 4) is 5.75 Å². The number of nitrogens with zero attached hydrogens (tertiary/aromatic N) is 1. The van der Waals surface area contributed by atoms with Crippen LogP contribution in [0, 0.1) is 23.7 Å². The minimum absolute atomic E-state index is 0.0391. The van der Waals surface area contributed by atoms with Crippen LogP contribution in [-0.4, -0.2) is 71.8 Å². The van der Waals surface area contributed by atoms with Gasteiger partial charge in [-0.2, -0.15) is 0 Å². The number of rotatable bonds is 8. The van der Waals surface area contributed by atoms with E-state index < -0.39 is 35.1 Å². The number of amides is 3. The molecule has 0 aromatic heterocycles. The molecule has 3 N–H and O–H groups in total. The summed E-state index contributed by atoms with van der Waals surface area (Å²) >= 11 is 0. The Labute approximate surface area is 206 Å². The van der Waals surface area contributed by atoms with Crippen LogP contribution in [-0.2, 0) is 19.1 Å². The number of hydrogen-bond donors (Lipinski definition) is 3. The summed E-state index contributed by atoms with van der Waals surface area (Å²) in [5, 5.41) is 15.9. The van der Waals surface area contributed by atoms with E-state index in [0.717, 1.165) is 0 Å². The standard InChI is InChI=1S/C26H37N3O6/c1-14(2)11-17(13-30)29-21(23(32)28-16-7-9-18(34-6)10-8-16)26-12-15(3)25(4,35-26)19(22(31)27-5)20(26)24(29)33/h7-10,14-15,17,19-21,30H,11-13H2,1-6H3,(H,27,31)(H,28,32)/t15?,17-,19-,20+,21?,25+,26?/m1/s1. The fourth-order valence-corrected chi connectivity index (χ4v) is 6.63. The summed E-state index contributed by atoms with van der Waals surface area (Å²) < 4.78 is 11.8. The molecule has 2 bridgehead atoms. The predicted octanol–water partition coefficient (Wildman–Crippen LogP) is 1.80. The molecule has 3 unspecified atom stereocenters. The molecule has 4 rings (SSSR count). The van der Waals surface area contributed by atoms with Gasteiger partial charge in [0.2, 0.25) is 17.7 Å². The Morgan fingerprint density at radius 1 is 1.26 bits per heavy atom. The van der Waals surface area contributed by atoms with Crippen molar-refractivity contribution in [3.05, 3.63) is 24.3 Å². The molecule has 3 heterocycles. The normalized spacial score (nSPS) is 34.2. The third-order valence-electron chi connectivity index (χ3n) is 8.23. The van der Waals surface area contributed by atoms with E-state index in [0.29, 0.717) is 24.3 Å². The topological polar surface area (TPSA) is 117 Å². The van der Waals surface area contributed by atoms with Crippen LogP contribution in [0.1, 0.15) is 40.5 Å². The van der Waals surface area contributed by atoms with Gasteiger partial charge in [-0.1, -0.05) is 20.8 Å². The van der Waals surface area contributed by atoms with Crippen LogP contribution in [0.3, 0.4) is 0 Å². The molecular weight excluding hydrogens is 450 g/mol. The van der Waals surface area contributed by atoms with Crippen LogP contribution in [0.2, 0.25) is 0 Å². The Hall–Kier alpha value is -2.65. The largest absolute Gasteiger partial charge is 0.497 e. The summed E-state index contributed by atoms with van der Waals surface area (Å²) in [5.74, 6) is -1.66. The van der Waals surface area contributed by atoms with E-state index in [1.807, 2.05) is 27.7 Å². The van der Waals surface area contributed by atoms with Gasteiger partial charge in [-0.3, -0.25) is 14.4 Å². The number of ether oxygens (including phenoxy) is 2. The minimum atomic E-state index is -1.15. The monoisotopic (exact) mass is 487 g/mol. The maximum Gasteiger partial charge on any atom is 0.250 e. The summed E-state index contributed by atoms with van der Waals surface area (Å²) in [7, 11) is 3.12. The van der Waals surface area contributed by atoms with E-state index in [1.165, 1.54) is 4.90 Å². The fourth-order valence-electron chi connectivity index (χ4n) is 6.63. The van der Waals surface area contributed by atoms with Crippen molar-refractivity contribution in [2.24, 2.45) is 23.7 Å². The van der Waals surface area contributed by atoms with Gasteiger partial charge in [-0.05, 0) is 55.9 Å². The molecule has 0 radical (unpaired) electrons. The first-order valence-corrected chi connectivity index (χ1v) is 12.3. The lowest BCUT2D eigenvalue weighted by Crippen LogP contribution is -2.56. The van der Waals surface area contributed by atoms with Crippen molar-refractivity contribution in [1.29, 1.82) is 0 Å². The van der Waals surface area contributed by atoms with Crippen molar-refractivity contribution in [1.82, 2.24) is 10.2 Å². The smallest absolute Gasteiger partial charge is 0.250 e. The van der Waals surface area contributed by atoms with Crippen LogP contribution in [0.15, 0.2) is 24.3 Å². The van der Waals surface area contributed by atoms with Gasteiger partial charge < -0.3 is 30.1 Å². The SMILES string of the molecule is CNC(=O)[C@H]1[C@H]2C(=O)N([C@@H](CO)CC(C)C)C(C(=O)Nc3ccc(OC)cc3)C23CC(C)[C@]1(C)O3. The van der Waals surface area contributed by atoms with E-state index >= 15 is 0 Å². The van der Waals surface area contributed by atoms with Crippen LogP contribution in [0.4, 0.5) is 5.69 Å². The number of carbonyl (C=O) groups is 3. The number of anilines is 1. The molecule has 7 atom stereocenters. The first kappa shape index (κ1) is 25.4. The summed E-state index contributed by atoms with van der Waals surface area (Å²) in [6.07, 6.45) is 0.999. The predicted molar refractivity (Wildman–Crippen MR) is 130 cm³/mol. The van der Waals surface area contributed by atoms with Gasteiger partial charge in [-0.25, -0.2) is 0 Å². The quantitative estimate of drug-likeness (QED) is 0.515. The molecule has 0 saturated carbocycles.